The van der Waals surface area contributed by atoms with Crippen LogP contribution in [0.5, 0.6) is 0 Å². The fourth-order valence-corrected chi connectivity index (χ4v) is 3.86. The molecule has 6 rings (SSSR count). The van der Waals surface area contributed by atoms with E-state index in [-0.39, 0.29) is 15.9 Å². The molecule has 0 aliphatic carbocycles. The van der Waals surface area contributed by atoms with Crippen molar-refractivity contribution in [3.05, 3.63) is 137 Å². The van der Waals surface area contributed by atoms with Crippen molar-refractivity contribution in [2.24, 2.45) is 0 Å². The van der Waals surface area contributed by atoms with E-state index in [1.54, 1.807) is 0 Å². The highest BCUT2D eigenvalue weighted by atomic mass is 35.5. The second-order valence-electron chi connectivity index (χ2n) is 8.33. The number of para-hydroxylation sites is 4. The Bertz CT molecular complexity index is 1490. The lowest BCUT2D eigenvalue weighted by molar-refractivity contribution is 1.05. The molecule has 0 fully saturated rings. The van der Waals surface area contributed by atoms with E-state index in [2.05, 4.69) is 45.9 Å². The Balaban J connectivity index is 0.000000853. The summed E-state index contributed by atoms with van der Waals surface area (Å²) in [6.07, 6.45) is 0. The SMILES string of the molecule is CC.CC.CC.CC.Clc1nc(Cl)nc(Cl)n1.Nc1ccccc1.c1ccc(Nc2nc(Nc3ccccc3)nc(Nc3ccccc3)n2)cc1. The molecular formula is C38H49Cl3N10. The molecule has 51 heavy (non-hydrogen) atoms. The van der Waals surface area contributed by atoms with Crippen LogP contribution in [0.25, 0.3) is 0 Å². The number of aromatic nitrogens is 6. The van der Waals surface area contributed by atoms with Gasteiger partial charge in [-0.1, -0.05) is 128 Å². The molecule has 5 N–H and O–H groups in total. The van der Waals surface area contributed by atoms with Crippen molar-refractivity contribution in [2.45, 2.75) is 55.4 Å². The third-order valence-corrected chi connectivity index (χ3v) is 5.59. The Morgan fingerprint density at radius 2 is 0.569 bits per heavy atom. The number of benzene rings is 4. The molecule has 10 nitrogen and oxygen atoms in total. The van der Waals surface area contributed by atoms with Gasteiger partial charge in [0.05, 0.1) is 0 Å². The second-order valence-corrected chi connectivity index (χ2v) is 9.35. The van der Waals surface area contributed by atoms with Gasteiger partial charge in [0.1, 0.15) is 0 Å². The molecule has 0 bridgehead atoms. The lowest BCUT2D eigenvalue weighted by atomic mass is 10.3. The van der Waals surface area contributed by atoms with Crippen LogP contribution in [-0.2, 0) is 0 Å². The average Bonchev–Trinajstić information content (AvgIpc) is 3.16. The van der Waals surface area contributed by atoms with Crippen LogP contribution in [0, 0.1) is 0 Å². The number of halogens is 3. The van der Waals surface area contributed by atoms with E-state index in [1.807, 2.05) is 177 Å². The first kappa shape index (κ1) is 46.0. The number of nitrogens with one attached hydrogen (secondary N) is 3. The summed E-state index contributed by atoms with van der Waals surface area (Å²) in [4.78, 5) is 23.8. The molecule has 272 valence electrons. The molecule has 0 saturated heterocycles. The Morgan fingerprint density at radius 1 is 0.353 bits per heavy atom. The van der Waals surface area contributed by atoms with Crippen LogP contribution in [0.1, 0.15) is 55.4 Å². The van der Waals surface area contributed by atoms with Gasteiger partial charge in [-0.2, -0.15) is 29.9 Å². The second kappa shape index (κ2) is 29.8. The third-order valence-electron chi connectivity index (χ3n) is 5.08. The van der Waals surface area contributed by atoms with Crippen LogP contribution in [-0.4, -0.2) is 29.9 Å². The maximum Gasteiger partial charge on any atom is 0.233 e. The maximum absolute atomic E-state index is 5.36. The first-order valence-corrected chi connectivity index (χ1v) is 17.8. The standard InChI is InChI=1S/C21H18N6.C6H7N.C3Cl3N3.4C2H6/c1-4-10-16(11-5-1)22-19-25-20(23-17-12-6-2-7-13-17)27-21(26-19)24-18-14-8-3-9-15-18;7-6-4-2-1-3-5-6;4-1-7-2(5)9-3(6)8-1;4*1-2/h1-15H,(H3,22,23,24,25,26,27);1-5H,7H2;;4*1-2H3. The first-order chi connectivity index (χ1) is 24.9. The van der Waals surface area contributed by atoms with Gasteiger partial charge < -0.3 is 21.7 Å². The van der Waals surface area contributed by atoms with Crippen LogP contribution in [0.2, 0.25) is 15.9 Å². The summed E-state index contributed by atoms with van der Waals surface area (Å²) in [5, 5.41) is 9.64. The topological polar surface area (TPSA) is 139 Å². The summed E-state index contributed by atoms with van der Waals surface area (Å²) >= 11 is 16.0. The fourth-order valence-electron chi connectivity index (χ4n) is 3.25. The minimum absolute atomic E-state index is 0.000000000000000444. The largest absolute Gasteiger partial charge is 0.399 e. The molecule has 0 aliphatic rings. The van der Waals surface area contributed by atoms with Crippen molar-refractivity contribution in [2.75, 3.05) is 21.7 Å². The number of hydrogen-bond donors (Lipinski definition) is 4. The van der Waals surface area contributed by atoms with Crippen molar-refractivity contribution in [1.29, 1.82) is 0 Å². The van der Waals surface area contributed by atoms with Crippen molar-refractivity contribution < 1.29 is 0 Å². The number of nitrogens with two attached hydrogens (primary N) is 1. The summed E-state index contributed by atoms with van der Waals surface area (Å²) in [5.41, 5.74) is 8.89. The van der Waals surface area contributed by atoms with Crippen LogP contribution in [0.3, 0.4) is 0 Å². The Hall–Kier alpha value is -5.03. The summed E-state index contributed by atoms with van der Waals surface area (Å²) in [6.45, 7) is 16.0. The summed E-state index contributed by atoms with van der Waals surface area (Å²) in [5.74, 6) is 1.36. The van der Waals surface area contributed by atoms with Crippen LogP contribution in [0.15, 0.2) is 121 Å². The zero-order chi connectivity index (χ0) is 38.3. The Morgan fingerprint density at radius 3 is 0.765 bits per heavy atom. The highest BCUT2D eigenvalue weighted by Gasteiger charge is 2.08. The van der Waals surface area contributed by atoms with E-state index >= 15 is 0 Å². The molecule has 0 radical (unpaired) electrons. The molecule has 0 saturated carbocycles. The van der Waals surface area contributed by atoms with E-state index in [4.69, 9.17) is 40.5 Å². The minimum atomic E-state index is 0.000000000000000444. The van der Waals surface area contributed by atoms with E-state index in [9.17, 15) is 0 Å². The molecule has 0 unspecified atom stereocenters. The zero-order valence-electron chi connectivity index (χ0n) is 30.4. The van der Waals surface area contributed by atoms with E-state index in [0.717, 1.165) is 22.7 Å². The lowest BCUT2D eigenvalue weighted by Crippen LogP contribution is -2.07. The molecule has 0 aliphatic heterocycles. The van der Waals surface area contributed by atoms with Gasteiger partial charge in [0.2, 0.25) is 33.7 Å². The van der Waals surface area contributed by atoms with Gasteiger partial charge in [0.15, 0.2) is 0 Å². The van der Waals surface area contributed by atoms with Crippen molar-refractivity contribution in [3.63, 3.8) is 0 Å². The van der Waals surface area contributed by atoms with Crippen LogP contribution < -0.4 is 21.7 Å². The zero-order valence-corrected chi connectivity index (χ0v) is 32.7. The highest BCUT2D eigenvalue weighted by molar-refractivity contribution is 6.33. The Kier molecular flexibility index (Phi) is 26.9. The van der Waals surface area contributed by atoms with E-state index in [0.29, 0.717) is 17.8 Å². The highest BCUT2D eigenvalue weighted by Crippen LogP contribution is 2.20. The molecular weight excluding hydrogens is 703 g/mol. The summed E-state index contributed by atoms with van der Waals surface area (Å²) in [6, 6.07) is 38.8. The predicted octanol–water partition coefficient (Wildman–Crippen LogP) is 12.3. The number of anilines is 7. The molecule has 4 aromatic carbocycles. The first-order valence-electron chi connectivity index (χ1n) is 16.7. The van der Waals surface area contributed by atoms with Gasteiger partial charge in [-0.05, 0) is 83.3 Å². The quantitative estimate of drug-likeness (QED) is 0.122. The van der Waals surface area contributed by atoms with Gasteiger partial charge in [-0.3, -0.25) is 0 Å². The number of nitrogen functional groups attached to an aromatic ring is 1. The number of hydrogen-bond acceptors (Lipinski definition) is 10. The summed E-state index contributed by atoms with van der Waals surface area (Å²) < 4.78 is 0. The average molecular weight is 752 g/mol. The van der Waals surface area contributed by atoms with Gasteiger partial charge in [0, 0.05) is 22.7 Å². The molecule has 13 heteroatoms. The van der Waals surface area contributed by atoms with E-state index in [1.165, 1.54) is 0 Å². The molecule has 0 atom stereocenters. The van der Waals surface area contributed by atoms with Crippen molar-refractivity contribution >= 4 is 75.4 Å². The van der Waals surface area contributed by atoms with Gasteiger partial charge in [-0.25, -0.2) is 0 Å². The molecule has 2 aromatic heterocycles. The number of rotatable bonds is 6. The lowest BCUT2D eigenvalue weighted by Gasteiger charge is -2.11. The summed E-state index contributed by atoms with van der Waals surface area (Å²) in [7, 11) is 0. The third kappa shape index (κ3) is 20.9. The minimum Gasteiger partial charge on any atom is -0.399 e. The van der Waals surface area contributed by atoms with Gasteiger partial charge in [-0.15, -0.1) is 0 Å². The van der Waals surface area contributed by atoms with Crippen LogP contribution in [0.4, 0.5) is 40.6 Å². The monoisotopic (exact) mass is 750 g/mol. The van der Waals surface area contributed by atoms with Crippen molar-refractivity contribution in [3.8, 4) is 0 Å². The smallest absolute Gasteiger partial charge is 0.233 e. The van der Waals surface area contributed by atoms with Crippen molar-refractivity contribution in [1.82, 2.24) is 29.9 Å². The Labute approximate surface area is 318 Å². The fraction of sp³-hybridized carbons (Fsp3) is 0.211. The molecule has 2 heterocycles. The predicted molar refractivity (Wildman–Crippen MR) is 220 cm³/mol. The molecule has 0 spiro atoms. The molecule has 6 aromatic rings. The van der Waals surface area contributed by atoms with Gasteiger partial charge in [0.25, 0.3) is 0 Å². The maximum atomic E-state index is 5.36. The van der Waals surface area contributed by atoms with Crippen LogP contribution >= 0.6 is 34.8 Å². The van der Waals surface area contributed by atoms with Gasteiger partial charge >= 0.3 is 0 Å². The molecule has 0 amide bonds. The van der Waals surface area contributed by atoms with E-state index < -0.39 is 0 Å². The normalized spacial score (nSPS) is 8.76. The number of nitrogens with zero attached hydrogens (tertiary/aromatic N) is 6.